The molecule has 3 nitrogen and oxygen atoms in total. The van der Waals surface area contributed by atoms with E-state index in [1.54, 1.807) is 0 Å². The Balaban J connectivity index is 0.000000686. The molecule has 0 spiro atoms. The maximum absolute atomic E-state index is 10.5. The number of benzene rings is 1. The van der Waals surface area contributed by atoms with Crippen molar-refractivity contribution < 1.29 is 9.84 Å². The van der Waals surface area contributed by atoms with Gasteiger partial charge in [0.05, 0.1) is 12.6 Å². The lowest BCUT2D eigenvalue weighted by molar-refractivity contribution is -0.245. The van der Waals surface area contributed by atoms with Crippen molar-refractivity contribution in [1.29, 1.82) is 0 Å². The first-order chi connectivity index (χ1) is 8.13. The molecule has 2 rings (SSSR count). The summed E-state index contributed by atoms with van der Waals surface area (Å²) in [6.45, 7) is 9.26. The number of aliphatic hydroxyl groups is 1. The van der Waals surface area contributed by atoms with Crippen LogP contribution in [-0.2, 0) is 10.5 Å². The first kappa shape index (κ1) is 14.2. The van der Waals surface area contributed by atoms with Crippen LogP contribution in [0, 0.1) is 6.92 Å². The topological polar surface area (TPSA) is 41.5 Å². The van der Waals surface area contributed by atoms with Crippen LogP contribution >= 0.6 is 0 Å². The number of hydrogen-bond donors (Lipinski definition) is 2. The molecule has 1 heterocycles. The van der Waals surface area contributed by atoms with E-state index in [1.807, 2.05) is 52.0 Å². The molecule has 0 bridgehead atoms. The van der Waals surface area contributed by atoms with Crippen molar-refractivity contribution in [2.45, 2.75) is 39.5 Å². The molecule has 2 atom stereocenters. The van der Waals surface area contributed by atoms with Crippen molar-refractivity contribution in [3.05, 3.63) is 35.4 Å². The molecule has 0 aromatic heterocycles. The summed E-state index contributed by atoms with van der Waals surface area (Å²) < 4.78 is 5.51. The summed E-state index contributed by atoms with van der Waals surface area (Å²) in [5, 5.41) is 13.7. The zero-order chi connectivity index (χ0) is 12.9. The fourth-order valence-electron chi connectivity index (χ4n) is 1.95. The van der Waals surface area contributed by atoms with Gasteiger partial charge in [-0.3, -0.25) is 0 Å². The van der Waals surface area contributed by atoms with Gasteiger partial charge in [0.25, 0.3) is 0 Å². The molecular weight excluding hydrogens is 214 g/mol. The van der Waals surface area contributed by atoms with Crippen LogP contribution in [0.3, 0.4) is 0 Å². The quantitative estimate of drug-likeness (QED) is 0.786. The van der Waals surface area contributed by atoms with E-state index < -0.39 is 5.79 Å². The van der Waals surface area contributed by atoms with Gasteiger partial charge < -0.3 is 15.2 Å². The highest BCUT2D eigenvalue weighted by Gasteiger charge is 2.39. The number of morpholine rings is 1. The lowest BCUT2D eigenvalue weighted by Gasteiger charge is -2.38. The van der Waals surface area contributed by atoms with Gasteiger partial charge in [-0.1, -0.05) is 43.7 Å². The standard InChI is InChI=1S/C12H17NO2.C2H6/c1-9-4-3-5-11(8-9)12(14)10(2)13-6-7-15-12;1-2/h3-5,8,10,13-14H,6-7H2,1-2H3;1-2H3. The second-order valence-electron chi connectivity index (χ2n) is 4.09. The summed E-state index contributed by atoms with van der Waals surface area (Å²) in [6, 6.07) is 7.72. The number of aryl methyl sites for hydroxylation is 1. The second-order valence-corrected chi connectivity index (χ2v) is 4.09. The molecule has 2 unspecified atom stereocenters. The van der Waals surface area contributed by atoms with Crippen LogP contribution in [0.4, 0.5) is 0 Å². The highest BCUT2D eigenvalue weighted by molar-refractivity contribution is 5.27. The second kappa shape index (κ2) is 6.15. The van der Waals surface area contributed by atoms with E-state index in [2.05, 4.69) is 5.32 Å². The van der Waals surface area contributed by atoms with Crippen molar-refractivity contribution in [1.82, 2.24) is 5.32 Å². The van der Waals surface area contributed by atoms with Crippen LogP contribution in [0.5, 0.6) is 0 Å². The molecule has 0 radical (unpaired) electrons. The third kappa shape index (κ3) is 3.06. The Morgan fingerprint density at radius 3 is 2.71 bits per heavy atom. The number of hydrogen-bond acceptors (Lipinski definition) is 3. The van der Waals surface area contributed by atoms with Crippen molar-refractivity contribution in [3.63, 3.8) is 0 Å². The van der Waals surface area contributed by atoms with Crippen molar-refractivity contribution in [3.8, 4) is 0 Å². The Kier molecular flexibility index (Phi) is 5.12. The third-order valence-corrected chi connectivity index (χ3v) is 2.89. The third-order valence-electron chi connectivity index (χ3n) is 2.89. The summed E-state index contributed by atoms with van der Waals surface area (Å²) in [4.78, 5) is 0. The van der Waals surface area contributed by atoms with E-state index in [9.17, 15) is 5.11 Å². The molecule has 1 aliphatic heterocycles. The van der Waals surface area contributed by atoms with Crippen LogP contribution in [0.2, 0.25) is 0 Å². The van der Waals surface area contributed by atoms with Gasteiger partial charge in [0, 0.05) is 12.1 Å². The van der Waals surface area contributed by atoms with E-state index in [0.29, 0.717) is 6.61 Å². The highest BCUT2D eigenvalue weighted by Crippen LogP contribution is 2.29. The van der Waals surface area contributed by atoms with Gasteiger partial charge in [0.1, 0.15) is 0 Å². The molecule has 0 aliphatic carbocycles. The maximum atomic E-state index is 10.5. The Hall–Kier alpha value is -0.900. The summed E-state index contributed by atoms with van der Waals surface area (Å²) in [5.41, 5.74) is 1.95. The predicted octanol–water partition coefficient (Wildman–Crippen LogP) is 2.17. The Morgan fingerprint density at radius 2 is 2.12 bits per heavy atom. The fourth-order valence-corrected chi connectivity index (χ4v) is 1.95. The van der Waals surface area contributed by atoms with Crippen LogP contribution in [-0.4, -0.2) is 24.3 Å². The van der Waals surface area contributed by atoms with Gasteiger partial charge in [-0.25, -0.2) is 0 Å². The summed E-state index contributed by atoms with van der Waals surface area (Å²) in [7, 11) is 0. The molecule has 1 saturated heterocycles. The molecule has 2 N–H and O–H groups in total. The monoisotopic (exact) mass is 237 g/mol. The molecule has 1 aromatic carbocycles. The minimum atomic E-state index is -1.19. The Labute approximate surface area is 104 Å². The average Bonchev–Trinajstić information content (AvgIpc) is 2.36. The normalized spacial score (nSPS) is 28.2. The van der Waals surface area contributed by atoms with Crippen LogP contribution in [0.1, 0.15) is 31.9 Å². The smallest absolute Gasteiger partial charge is 0.208 e. The zero-order valence-electron chi connectivity index (χ0n) is 11.2. The van der Waals surface area contributed by atoms with Gasteiger partial charge in [-0.2, -0.15) is 0 Å². The zero-order valence-corrected chi connectivity index (χ0v) is 11.2. The summed E-state index contributed by atoms with van der Waals surface area (Å²) >= 11 is 0. The minimum Gasteiger partial charge on any atom is -0.361 e. The fraction of sp³-hybridized carbons (Fsp3) is 0.571. The van der Waals surface area contributed by atoms with E-state index in [0.717, 1.165) is 17.7 Å². The largest absolute Gasteiger partial charge is 0.361 e. The summed E-state index contributed by atoms with van der Waals surface area (Å²) in [5.74, 6) is -1.19. The molecule has 1 fully saturated rings. The number of ether oxygens (including phenoxy) is 1. The predicted molar refractivity (Wildman–Crippen MR) is 69.8 cm³/mol. The molecular formula is C14H23NO2. The first-order valence-corrected chi connectivity index (χ1v) is 6.30. The number of rotatable bonds is 1. The maximum Gasteiger partial charge on any atom is 0.208 e. The molecule has 0 amide bonds. The van der Waals surface area contributed by atoms with Crippen LogP contribution in [0.15, 0.2) is 24.3 Å². The number of nitrogens with one attached hydrogen (secondary N) is 1. The van der Waals surface area contributed by atoms with Crippen LogP contribution < -0.4 is 5.32 Å². The highest BCUT2D eigenvalue weighted by atomic mass is 16.6. The molecule has 0 saturated carbocycles. The van der Waals surface area contributed by atoms with E-state index in [4.69, 9.17) is 4.74 Å². The van der Waals surface area contributed by atoms with Gasteiger partial charge in [0.2, 0.25) is 5.79 Å². The van der Waals surface area contributed by atoms with Gasteiger partial charge in [-0.05, 0) is 13.8 Å². The van der Waals surface area contributed by atoms with Gasteiger partial charge >= 0.3 is 0 Å². The lowest BCUT2D eigenvalue weighted by atomic mass is 9.96. The Morgan fingerprint density at radius 1 is 1.41 bits per heavy atom. The van der Waals surface area contributed by atoms with Gasteiger partial charge in [0.15, 0.2) is 0 Å². The first-order valence-electron chi connectivity index (χ1n) is 6.30. The molecule has 17 heavy (non-hydrogen) atoms. The lowest BCUT2D eigenvalue weighted by Crippen LogP contribution is -2.54. The van der Waals surface area contributed by atoms with Crippen molar-refractivity contribution >= 4 is 0 Å². The van der Waals surface area contributed by atoms with Crippen LogP contribution in [0.25, 0.3) is 0 Å². The van der Waals surface area contributed by atoms with Gasteiger partial charge in [-0.15, -0.1) is 0 Å². The average molecular weight is 237 g/mol. The molecule has 1 aromatic rings. The summed E-state index contributed by atoms with van der Waals surface area (Å²) in [6.07, 6.45) is 0. The van der Waals surface area contributed by atoms with E-state index >= 15 is 0 Å². The molecule has 96 valence electrons. The van der Waals surface area contributed by atoms with Crippen molar-refractivity contribution in [2.24, 2.45) is 0 Å². The Bertz CT molecular complexity index is 354. The van der Waals surface area contributed by atoms with E-state index in [1.165, 1.54) is 0 Å². The van der Waals surface area contributed by atoms with E-state index in [-0.39, 0.29) is 6.04 Å². The SMILES string of the molecule is CC.Cc1cccc(C2(O)OCCNC2C)c1. The van der Waals surface area contributed by atoms with Crippen molar-refractivity contribution in [2.75, 3.05) is 13.2 Å². The molecule has 1 aliphatic rings. The molecule has 3 heteroatoms. The minimum absolute atomic E-state index is 0.0898.